The van der Waals surface area contributed by atoms with Crippen LogP contribution in [0.3, 0.4) is 0 Å². The van der Waals surface area contributed by atoms with Crippen LogP contribution in [0.25, 0.3) is 0 Å². The number of aryl methyl sites for hydroxylation is 1. The van der Waals surface area contributed by atoms with Crippen LogP contribution in [0, 0.1) is 10.8 Å². The van der Waals surface area contributed by atoms with E-state index in [-0.39, 0.29) is 23.9 Å². The molecule has 2 aromatic rings. The molecule has 10 nitrogen and oxygen atoms in total. The highest BCUT2D eigenvalue weighted by Crippen LogP contribution is 2.35. The van der Waals surface area contributed by atoms with Gasteiger partial charge in [-0.25, -0.2) is 0 Å². The second kappa shape index (κ2) is 13.6. The van der Waals surface area contributed by atoms with E-state index in [0.717, 1.165) is 0 Å². The van der Waals surface area contributed by atoms with Gasteiger partial charge < -0.3 is 14.2 Å². The van der Waals surface area contributed by atoms with Crippen LogP contribution in [0.5, 0.6) is 11.5 Å². The van der Waals surface area contributed by atoms with Crippen molar-refractivity contribution in [2.24, 2.45) is 10.8 Å². The first-order chi connectivity index (χ1) is 18.0. The third-order valence-corrected chi connectivity index (χ3v) is 7.41. The first-order valence-corrected chi connectivity index (χ1v) is 15.3. The molecule has 216 valence electrons. The Bertz CT molecular complexity index is 1230. The molecule has 0 saturated heterocycles. The molecule has 0 spiro atoms. The van der Waals surface area contributed by atoms with Crippen molar-refractivity contribution < 1.29 is 45.9 Å². The summed E-state index contributed by atoms with van der Waals surface area (Å²) in [6.45, 7) is 7.75. The Morgan fingerprint density at radius 3 is 1.95 bits per heavy atom. The van der Waals surface area contributed by atoms with E-state index in [2.05, 4.69) is 0 Å². The maximum absolute atomic E-state index is 13.7. The zero-order valence-electron chi connectivity index (χ0n) is 23.1. The summed E-state index contributed by atoms with van der Waals surface area (Å²) in [4.78, 5) is 25.2. The highest BCUT2D eigenvalue weighted by molar-refractivity contribution is 7.85. The number of carbonyl (C=O) groups is 2. The molecule has 2 rings (SSSR count). The van der Waals surface area contributed by atoms with E-state index in [4.69, 9.17) is 23.3 Å². The maximum atomic E-state index is 13.7. The van der Waals surface area contributed by atoms with Crippen LogP contribution < -0.4 is 10.0 Å². The van der Waals surface area contributed by atoms with Crippen LogP contribution in [-0.4, -0.2) is 37.1 Å². The molecule has 1 atom stereocenters. The van der Waals surface area contributed by atoms with E-state index in [0.29, 0.717) is 17.7 Å². The van der Waals surface area contributed by atoms with Gasteiger partial charge in [0.05, 0.1) is 21.9 Å². The van der Waals surface area contributed by atoms with Crippen LogP contribution >= 0.6 is 8.03 Å². The third-order valence-electron chi connectivity index (χ3n) is 5.22. The fourth-order valence-corrected chi connectivity index (χ4v) is 4.83. The molecular weight excluding hydrogens is 547 g/mol. The molecule has 0 bridgehead atoms. The molecule has 1 N–H and O–H groups in total. The van der Waals surface area contributed by atoms with Gasteiger partial charge in [-0.15, -0.1) is 0 Å². The molecule has 0 amide bonds. The van der Waals surface area contributed by atoms with Gasteiger partial charge in [0.15, 0.2) is 0 Å². The summed E-state index contributed by atoms with van der Waals surface area (Å²) in [7, 11) is -7.40. The van der Waals surface area contributed by atoms with Crippen LogP contribution in [0.2, 0.25) is 0 Å². The molecule has 39 heavy (non-hydrogen) atoms. The second-order valence-electron chi connectivity index (χ2n) is 11.0. The fourth-order valence-electron chi connectivity index (χ4n) is 3.06. The molecule has 0 saturated carbocycles. The number of unbranched alkanes of at least 4 members (excludes halogenated alkanes) is 1. The van der Waals surface area contributed by atoms with Crippen LogP contribution in [-0.2, 0) is 44.7 Å². The average molecular weight is 585 g/mol. The number of hydrogen-bond donors (Lipinski definition) is 1. The minimum atomic E-state index is -4.12. The van der Waals surface area contributed by atoms with E-state index in [1.54, 1.807) is 84.0 Å². The van der Waals surface area contributed by atoms with Crippen LogP contribution in [0.4, 0.5) is 0 Å². The first-order valence-electron chi connectivity index (χ1n) is 12.4. The fraction of sp³-hybridized carbons (Fsp3) is 0.481. The van der Waals surface area contributed by atoms with Crippen molar-refractivity contribution in [2.75, 3.05) is 5.75 Å². The summed E-state index contributed by atoms with van der Waals surface area (Å²) in [6.07, 6.45) is 0.794. The van der Waals surface area contributed by atoms with Crippen molar-refractivity contribution in [1.29, 1.82) is 0 Å². The molecule has 12 heteroatoms. The number of ether oxygens (including phenoxy) is 3. The lowest BCUT2D eigenvalue weighted by Crippen LogP contribution is -2.35. The molecule has 2 aromatic carbocycles. The Hall–Kier alpha value is -2.72. The Labute approximate surface area is 230 Å². The average Bonchev–Trinajstić information content (AvgIpc) is 2.80. The first kappa shape index (κ1) is 32.5. The molecule has 0 radical (unpaired) electrons. The van der Waals surface area contributed by atoms with Gasteiger partial charge in [0.1, 0.15) is 11.5 Å². The number of rotatable bonds is 12. The lowest BCUT2D eigenvalue weighted by Gasteiger charge is -2.26. The number of para-hydroxylation sites is 1. The van der Waals surface area contributed by atoms with Crippen LogP contribution in [0.1, 0.15) is 59.9 Å². The van der Waals surface area contributed by atoms with Gasteiger partial charge in [0.25, 0.3) is 10.1 Å². The topological polar surface area (TPSA) is 142 Å². The van der Waals surface area contributed by atoms with Gasteiger partial charge in [-0.1, -0.05) is 30.3 Å². The minimum Gasteiger partial charge on any atom is -0.457 e. The Morgan fingerprint density at radius 2 is 1.44 bits per heavy atom. The summed E-state index contributed by atoms with van der Waals surface area (Å²) in [5, 5.41) is 0.168. The monoisotopic (exact) mass is 584 g/mol. The van der Waals surface area contributed by atoms with Crippen molar-refractivity contribution in [3.8, 4) is 11.5 Å². The number of benzene rings is 2. The maximum Gasteiger partial charge on any atom is 0.370 e. The van der Waals surface area contributed by atoms with Gasteiger partial charge in [-0.2, -0.15) is 8.42 Å². The third kappa shape index (κ3) is 11.1. The van der Waals surface area contributed by atoms with E-state index in [9.17, 15) is 22.6 Å². The number of esters is 2. The largest absolute Gasteiger partial charge is 0.457 e. The highest BCUT2D eigenvalue weighted by atomic mass is 32.2. The zero-order chi connectivity index (χ0) is 29.4. The summed E-state index contributed by atoms with van der Waals surface area (Å²) < 4.78 is 67.1. The molecule has 0 aliphatic carbocycles. The predicted molar refractivity (Wildman–Crippen MR) is 147 cm³/mol. The molecule has 0 aromatic heterocycles. The van der Waals surface area contributed by atoms with E-state index in [1.807, 2.05) is 6.07 Å². The van der Waals surface area contributed by atoms with Crippen molar-refractivity contribution in [3.05, 3.63) is 54.1 Å². The van der Waals surface area contributed by atoms with Crippen molar-refractivity contribution >= 4 is 35.4 Å². The van der Waals surface area contributed by atoms with E-state index < -0.39 is 53.1 Å². The zero-order valence-corrected chi connectivity index (χ0v) is 24.9. The van der Waals surface area contributed by atoms with Crippen molar-refractivity contribution in [1.82, 2.24) is 0 Å². The normalized spacial score (nSPS) is 13.1. The van der Waals surface area contributed by atoms with E-state index in [1.165, 1.54) is 0 Å². The molecule has 0 aliphatic rings. The van der Waals surface area contributed by atoms with Gasteiger partial charge in [-0.05, 0) is 84.6 Å². The Kier molecular flexibility index (Phi) is 11.3. The predicted octanol–water partition coefficient (Wildman–Crippen LogP) is 5.27. The molecule has 0 heterocycles. The molecule has 1 unspecified atom stereocenters. The minimum absolute atomic E-state index is 0.166. The van der Waals surface area contributed by atoms with Crippen LogP contribution in [0.15, 0.2) is 48.5 Å². The summed E-state index contributed by atoms with van der Waals surface area (Å²) in [5.41, 5.74) is -1.39. The lowest BCUT2D eigenvalue weighted by atomic mass is 9.97. The highest BCUT2D eigenvalue weighted by Gasteiger charge is 2.34. The molecule has 0 fully saturated rings. The van der Waals surface area contributed by atoms with E-state index >= 15 is 0 Å². The number of hydrogen-bond acceptors (Lipinski definition) is 9. The Balaban J connectivity index is 2.42. The van der Waals surface area contributed by atoms with Gasteiger partial charge in [0.2, 0.25) is 8.03 Å². The summed E-state index contributed by atoms with van der Waals surface area (Å²) in [5.74, 6) is -1.21. The SMILES string of the molecule is CC(C)(C)C(=O)OC(OC(=O)C(C)(C)C)O[PH](=O)c1c(CCCCS(=O)(=O)O)cccc1Oc1ccccc1. The number of carbonyl (C=O) groups excluding carboxylic acids is 2. The van der Waals surface area contributed by atoms with Gasteiger partial charge in [0, 0.05) is 0 Å². The van der Waals surface area contributed by atoms with Crippen molar-refractivity contribution in [3.63, 3.8) is 0 Å². The van der Waals surface area contributed by atoms with Crippen molar-refractivity contribution in [2.45, 2.75) is 67.3 Å². The summed E-state index contributed by atoms with van der Waals surface area (Å²) >= 11 is 0. The van der Waals surface area contributed by atoms with Gasteiger partial charge in [-0.3, -0.25) is 23.2 Å². The quantitative estimate of drug-likeness (QED) is 0.115. The molecular formula is C27H37O10PS. The van der Waals surface area contributed by atoms with Gasteiger partial charge >= 0.3 is 18.4 Å². The smallest absolute Gasteiger partial charge is 0.370 e. The second-order valence-corrected chi connectivity index (χ2v) is 13.8. The standard InChI is InChI=1S/C27H37O10PS/c1-26(2,3)23(28)35-25(36-24(29)27(4,5)6)37-38(30)22-19(13-10-11-18-39(31,32)33)14-12-17-21(22)34-20-15-8-7-9-16-20/h7-9,12,14-17,25,38H,10-11,13,18H2,1-6H3,(H,31,32,33). The Morgan fingerprint density at radius 1 is 0.872 bits per heavy atom. The lowest BCUT2D eigenvalue weighted by molar-refractivity contribution is -0.243. The summed E-state index contributed by atoms with van der Waals surface area (Å²) in [6, 6.07) is 13.7. The molecule has 0 aliphatic heterocycles.